The molecule has 3 rings (SSSR count). The summed E-state index contributed by atoms with van der Waals surface area (Å²) in [7, 11) is 1.34. The summed E-state index contributed by atoms with van der Waals surface area (Å²) in [5, 5.41) is 12.8. The number of halogens is 3. The Morgan fingerprint density at radius 2 is 1.90 bits per heavy atom. The first-order valence-electron chi connectivity index (χ1n) is 8.65. The molecule has 0 fully saturated rings. The minimum absolute atomic E-state index is 0.0568. The number of nitrogens with zero attached hydrogens (tertiary/aromatic N) is 2. The second kappa shape index (κ2) is 7.94. The molecule has 0 bridgehead atoms. The molecular formula is C20H18F3N3O3. The van der Waals surface area contributed by atoms with Crippen molar-refractivity contribution in [2.75, 3.05) is 12.4 Å². The fourth-order valence-corrected chi connectivity index (χ4v) is 3.07. The zero-order valence-electron chi connectivity index (χ0n) is 15.8. The standard InChI is InChI=1S/C20H18F3N3O3/c1-9(11-5-4-6-12(17(11)21)18(22)23)24-19-13-8-16(29-3)14(20(27)28)7-15(13)25-10(2)26-19/h4-9,18H,1-3H3,(H,27,28)(H,24,25,26). The lowest BCUT2D eigenvalue weighted by molar-refractivity contribution is 0.0693. The van der Waals surface area contributed by atoms with Gasteiger partial charge < -0.3 is 15.2 Å². The van der Waals surface area contributed by atoms with Crippen molar-refractivity contribution in [2.24, 2.45) is 0 Å². The number of carbonyl (C=O) groups is 1. The van der Waals surface area contributed by atoms with Gasteiger partial charge in [-0.15, -0.1) is 0 Å². The lowest BCUT2D eigenvalue weighted by Gasteiger charge is -2.19. The van der Waals surface area contributed by atoms with Gasteiger partial charge in [-0.25, -0.2) is 27.9 Å². The third-order valence-electron chi connectivity index (χ3n) is 4.47. The number of ether oxygens (including phenoxy) is 1. The maximum absolute atomic E-state index is 14.5. The first-order valence-corrected chi connectivity index (χ1v) is 8.65. The first kappa shape index (κ1) is 20.4. The molecule has 2 aromatic carbocycles. The summed E-state index contributed by atoms with van der Waals surface area (Å²) >= 11 is 0. The van der Waals surface area contributed by atoms with E-state index in [1.54, 1.807) is 13.8 Å². The van der Waals surface area contributed by atoms with Gasteiger partial charge in [0, 0.05) is 10.9 Å². The Labute approximate surface area is 164 Å². The molecular weight excluding hydrogens is 387 g/mol. The van der Waals surface area contributed by atoms with Gasteiger partial charge in [0.1, 0.15) is 28.8 Å². The van der Waals surface area contributed by atoms with Crippen LogP contribution < -0.4 is 10.1 Å². The van der Waals surface area contributed by atoms with Crippen molar-refractivity contribution >= 4 is 22.7 Å². The summed E-state index contributed by atoms with van der Waals surface area (Å²) in [6, 6.07) is 5.95. The molecule has 2 N–H and O–H groups in total. The number of carboxylic acid groups (broad SMARTS) is 1. The lowest BCUT2D eigenvalue weighted by atomic mass is 10.0. The number of aromatic carboxylic acids is 1. The monoisotopic (exact) mass is 405 g/mol. The molecule has 9 heteroatoms. The van der Waals surface area contributed by atoms with Crippen molar-refractivity contribution in [1.82, 2.24) is 9.97 Å². The SMILES string of the molecule is COc1cc2c(NC(C)c3cccc(C(F)F)c3F)nc(C)nc2cc1C(=O)O. The molecule has 6 nitrogen and oxygen atoms in total. The van der Waals surface area contributed by atoms with E-state index >= 15 is 0 Å². The van der Waals surface area contributed by atoms with Crippen LogP contribution in [0.2, 0.25) is 0 Å². The summed E-state index contributed by atoms with van der Waals surface area (Å²) in [5.41, 5.74) is -0.325. The van der Waals surface area contributed by atoms with Crippen LogP contribution in [0.15, 0.2) is 30.3 Å². The van der Waals surface area contributed by atoms with Crippen LogP contribution in [0.5, 0.6) is 5.75 Å². The molecule has 0 aliphatic heterocycles. The van der Waals surface area contributed by atoms with Crippen LogP contribution >= 0.6 is 0 Å². The third-order valence-corrected chi connectivity index (χ3v) is 4.47. The molecule has 1 unspecified atom stereocenters. The molecule has 1 heterocycles. The Hall–Kier alpha value is -3.36. The Bertz CT molecular complexity index is 1090. The highest BCUT2D eigenvalue weighted by atomic mass is 19.3. The maximum Gasteiger partial charge on any atom is 0.339 e. The first-order chi connectivity index (χ1) is 13.7. The molecule has 3 aromatic rings. The molecule has 0 amide bonds. The smallest absolute Gasteiger partial charge is 0.339 e. The van der Waals surface area contributed by atoms with Gasteiger partial charge in [0.2, 0.25) is 0 Å². The Morgan fingerprint density at radius 3 is 2.52 bits per heavy atom. The number of benzene rings is 2. The van der Waals surface area contributed by atoms with E-state index in [0.29, 0.717) is 22.5 Å². The van der Waals surface area contributed by atoms with Gasteiger partial charge in [-0.2, -0.15) is 0 Å². The van der Waals surface area contributed by atoms with Crippen molar-refractivity contribution in [1.29, 1.82) is 0 Å². The zero-order valence-corrected chi connectivity index (χ0v) is 15.8. The van der Waals surface area contributed by atoms with Gasteiger partial charge in [-0.3, -0.25) is 0 Å². The molecule has 1 aromatic heterocycles. The van der Waals surface area contributed by atoms with E-state index in [0.717, 1.165) is 6.07 Å². The predicted molar refractivity (Wildman–Crippen MR) is 101 cm³/mol. The van der Waals surface area contributed by atoms with Crippen LogP contribution in [-0.2, 0) is 0 Å². The molecule has 0 aliphatic rings. The second-order valence-corrected chi connectivity index (χ2v) is 6.41. The van der Waals surface area contributed by atoms with E-state index in [-0.39, 0.29) is 16.9 Å². The molecule has 1 atom stereocenters. The number of carboxylic acids is 1. The largest absolute Gasteiger partial charge is 0.496 e. The molecule has 0 aliphatic carbocycles. The van der Waals surface area contributed by atoms with Gasteiger partial charge in [0.25, 0.3) is 6.43 Å². The normalized spacial score (nSPS) is 12.2. The van der Waals surface area contributed by atoms with Gasteiger partial charge in [0.05, 0.1) is 24.2 Å². The second-order valence-electron chi connectivity index (χ2n) is 6.41. The molecule has 29 heavy (non-hydrogen) atoms. The number of nitrogens with one attached hydrogen (secondary N) is 1. The number of hydrogen-bond acceptors (Lipinski definition) is 5. The lowest BCUT2D eigenvalue weighted by Crippen LogP contribution is -2.12. The van der Waals surface area contributed by atoms with Gasteiger partial charge >= 0.3 is 5.97 Å². The number of hydrogen-bond donors (Lipinski definition) is 2. The van der Waals surface area contributed by atoms with Crippen molar-refractivity contribution < 1.29 is 27.8 Å². The highest BCUT2D eigenvalue weighted by Gasteiger charge is 2.21. The molecule has 0 radical (unpaired) electrons. The Morgan fingerprint density at radius 1 is 1.21 bits per heavy atom. The van der Waals surface area contributed by atoms with Crippen LogP contribution in [0.1, 0.15) is 46.7 Å². The quantitative estimate of drug-likeness (QED) is 0.607. The molecule has 0 spiro atoms. The van der Waals surface area contributed by atoms with Crippen molar-refractivity contribution in [3.63, 3.8) is 0 Å². The molecule has 0 saturated carbocycles. The summed E-state index contributed by atoms with van der Waals surface area (Å²) < 4.78 is 45.6. The minimum atomic E-state index is -2.93. The summed E-state index contributed by atoms with van der Waals surface area (Å²) in [4.78, 5) is 20.0. The number of aromatic nitrogens is 2. The van der Waals surface area contributed by atoms with E-state index in [1.165, 1.54) is 31.4 Å². The van der Waals surface area contributed by atoms with Crippen molar-refractivity contribution in [2.45, 2.75) is 26.3 Å². The highest BCUT2D eigenvalue weighted by molar-refractivity contribution is 5.99. The van der Waals surface area contributed by atoms with Crippen LogP contribution in [-0.4, -0.2) is 28.2 Å². The minimum Gasteiger partial charge on any atom is -0.496 e. The third kappa shape index (κ3) is 3.94. The van der Waals surface area contributed by atoms with E-state index in [9.17, 15) is 23.1 Å². The zero-order chi connectivity index (χ0) is 21.3. The summed E-state index contributed by atoms with van der Waals surface area (Å²) in [5.74, 6) is -1.39. The molecule has 152 valence electrons. The molecule has 0 saturated heterocycles. The number of fused-ring (bicyclic) bond motifs is 1. The highest BCUT2D eigenvalue weighted by Crippen LogP contribution is 2.32. The fourth-order valence-electron chi connectivity index (χ4n) is 3.07. The van der Waals surface area contributed by atoms with E-state index < -0.39 is 29.8 Å². The predicted octanol–water partition coefficient (Wildman–Crippen LogP) is 4.89. The van der Waals surface area contributed by atoms with Gasteiger partial charge in [-0.05, 0) is 26.0 Å². The van der Waals surface area contributed by atoms with Gasteiger partial charge in [0.15, 0.2) is 0 Å². The average Bonchev–Trinajstić information content (AvgIpc) is 2.66. The van der Waals surface area contributed by atoms with E-state index in [1.807, 2.05) is 0 Å². The Kier molecular flexibility index (Phi) is 5.58. The number of methoxy groups -OCH3 is 1. The summed E-state index contributed by atoms with van der Waals surface area (Å²) in [6.45, 7) is 3.23. The van der Waals surface area contributed by atoms with E-state index in [2.05, 4.69) is 15.3 Å². The van der Waals surface area contributed by atoms with Crippen LogP contribution in [0.4, 0.5) is 19.0 Å². The number of rotatable bonds is 6. The maximum atomic E-state index is 14.5. The number of alkyl halides is 2. The van der Waals surface area contributed by atoms with Crippen LogP contribution in [0.25, 0.3) is 10.9 Å². The number of aryl methyl sites for hydroxylation is 1. The van der Waals surface area contributed by atoms with Crippen molar-refractivity contribution in [3.8, 4) is 5.75 Å². The number of anilines is 1. The van der Waals surface area contributed by atoms with Gasteiger partial charge in [-0.1, -0.05) is 18.2 Å². The topological polar surface area (TPSA) is 84.3 Å². The average molecular weight is 405 g/mol. The summed E-state index contributed by atoms with van der Waals surface area (Å²) in [6.07, 6.45) is -2.93. The fraction of sp³-hybridized carbons (Fsp3) is 0.250. The van der Waals surface area contributed by atoms with Crippen molar-refractivity contribution in [3.05, 3.63) is 58.7 Å². The van der Waals surface area contributed by atoms with Crippen LogP contribution in [0, 0.1) is 12.7 Å². The Balaban J connectivity index is 2.08. The van der Waals surface area contributed by atoms with Crippen LogP contribution in [0.3, 0.4) is 0 Å². The van der Waals surface area contributed by atoms with E-state index in [4.69, 9.17) is 4.74 Å².